The van der Waals surface area contributed by atoms with Crippen LogP contribution >= 0.6 is 0 Å². The molecule has 0 spiro atoms. The maximum absolute atomic E-state index is 12.8. The van der Waals surface area contributed by atoms with Gasteiger partial charge in [0, 0.05) is 19.3 Å². The molecule has 1 N–H and O–H groups in total. The Hall–Kier alpha value is -3.46. The van der Waals surface area contributed by atoms with Crippen LogP contribution in [0.4, 0.5) is 19.0 Å². The fourth-order valence-electron chi connectivity index (χ4n) is 3.46. The molecule has 0 bridgehead atoms. The second-order valence-electron chi connectivity index (χ2n) is 8.19. The van der Waals surface area contributed by atoms with E-state index in [1.165, 1.54) is 12.3 Å². The summed E-state index contributed by atoms with van der Waals surface area (Å²) in [4.78, 5) is 21.2. The molecule has 0 aromatic carbocycles. The summed E-state index contributed by atoms with van der Waals surface area (Å²) in [6.45, 7) is 3.59. The molecule has 3 aromatic rings. The van der Waals surface area contributed by atoms with Crippen molar-refractivity contribution in [3.8, 4) is 11.5 Å². The van der Waals surface area contributed by atoms with Crippen LogP contribution in [0.15, 0.2) is 30.5 Å². The molecule has 1 aliphatic heterocycles. The number of hydrogen-bond donors (Lipinski definition) is 1. The fourth-order valence-corrected chi connectivity index (χ4v) is 4.88. The summed E-state index contributed by atoms with van der Waals surface area (Å²) in [7, 11) is -4.12. The Labute approximate surface area is 198 Å². The van der Waals surface area contributed by atoms with Gasteiger partial charge in [-0.25, -0.2) is 18.1 Å². The normalized spacial score (nSPS) is 14.3. The molecule has 0 aliphatic carbocycles. The van der Waals surface area contributed by atoms with E-state index in [0.29, 0.717) is 22.6 Å². The van der Waals surface area contributed by atoms with Gasteiger partial charge in [0.05, 0.1) is 18.2 Å². The van der Waals surface area contributed by atoms with Gasteiger partial charge < -0.3 is 5.32 Å². The van der Waals surface area contributed by atoms with Gasteiger partial charge in [-0.3, -0.25) is 9.78 Å². The van der Waals surface area contributed by atoms with Crippen LogP contribution in [0.2, 0.25) is 0 Å². The van der Waals surface area contributed by atoms with E-state index in [1.807, 2.05) is 13.8 Å². The lowest BCUT2D eigenvalue weighted by atomic mass is 10.1. The average molecular weight is 511 g/mol. The van der Waals surface area contributed by atoms with Gasteiger partial charge in [-0.1, -0.05) is 6.07 Å². The first-order valence-corrected chi connectivity index (χ1v) is 12.1. The number of hydrogen-bond acceptors (Lipinski definition) is 8. The molecular formula is C20H21F3N8O3S. The number of alkyl halides is 3. The molecule has 4 rings (SSSR count). The Morgan fingerprint density at radius 2 is 1.94 bits per heavy atom. The molecule has 0 unspecified atom stereocenters. The summed E-state index contributed by atoms with van der Waals surface area (Å²) in [5, 5.41) is 14.2. The highest BCUT2D eigenvalue weighted by Gasteiger charge is 2.35. The average Bonchev–Trinajstić information content (AvgIpc) is 3.45. The Morgan fingerprint density at radius 3 is 2.66 bits per heavy atom. The number of anilines is 1. The number of halogens is 3. The third-order valence-electron chi connectivity index (χ3n) is 5.25. The summed E-state index contributed by atoms with van der Waals surface area (Å²) in [5.74, 6) is -0.963. The molecule has 0 saturated heterocycles. The first kappa shape index (κ1) is 24.7. The number of nitrogens with zero attached hydrogens (tertiary/aromatic N) is 7. The van der Waals surface area contributed by atoms with E-state index >= 15 is 0 Å². The largest absolute Gasteiger partial charge is 0.390 e. The summed E-state index contributed by atoms with van der Waals surface area (Å²) in [6.07, 6.45) is -4.65. The van der Waals surface area contributed by atoms with Crippen molar-refractivity contribution in [2.45, 2.75) is 45.6 Å². The number of rotatable bonds is 7. The van der Waals surface area contributed by atoms with Gasteiger partial charge in [-0.05, 0) is 53.6 Å². The zero-order valence-corrected chi connectivity index (χ0v) is 19.5. The van der Waals surface area contributed by atoms with Gasteiger partial charge in [-0.2, -0.15) is 17.5 Å². The van der Waals surface area contributed by atoms with Gasteiger partial charge in [0.1, 0.15) is 17.2 Å². The molecule has 15 heteroatoms. The van der Waals surface area contributed by atoms with Crippen molar-refractivity contribution < 1.29 is 26.4 Å². The van der Waals surface area contributed by atoms with Gasteiger partial charge >= 0.3 is 6.18 Å². The van der Waals surface area contributed by atoms with E-state index in [2.05, 4.69) is 30.8 Å². The first-order valence-electron chi connectivity index (χ1n) is 10.5. The van der Waals surface area contributed by atoms with E-state index in [0.717, 1.165) is 4.31 Å². The number of carbonyl (C=O) groups is 1. The van der Waals surface area contributed by atoms with Crippen LogP contribution in [0.3, 0.4) is 0 Å². The molecule has 35 heavy (non-hydrogen) atoms. The number of carbonyl (C=O) groups excluding carboxylic acids is 1. The van der Waals surface area contributed by atoms with Gasteiger partial charge in [0.15, 0.2) is 0 Å². The lowest BCUT2D eigenvalue weighted by molar-refractivity contribution is -0.130. The van der Waals surface area contributed by atoms with Gasteiger partial charge in [-0.15, -0.1) is 5.10 Å². The minimum atomic E-state index is -4.57. The number of amides is 1. The number of nitrogens with one attached hydrogen (secondary N) is 1. The van der Waals surface area contributed by atoms with Crippen molar-refractivity contribution in [2.75, 3.05) is 11.1 Å². The van der Waals surface area contributed by atoms with Crippen LogP contribution < -0.4 is 5.32 Å². The Balaban J connectivity index is 1.47. The van der Waals surface area contributed by atoms with E-state index in [-0.39, 0.29) is 30.6 Å². The monoisotopic (exact) mass is 510 g/mol. The lowest BCUT2D eigenvalue weighted by Gasteiger charge is -2.16. The van der Waals surface area contributed by atoms with Crippen molar-refractivity contribution >= 4 is 21.7 Å². The van der Waals surface area contributed by atoms with Crippen molar-refractivity contribution in [3.63, 3.8) is 0 Å². The molecule has 4 heterocycles. The first-order chi connectivity index (χ1) is 16.4. The number of fused-ring (bicyclic) bond motifs is 1. The van der Waals surface area contributed by atoms with Crippen LogP contribution in [0.5, 0.6) is 0 Å². The van der Waals surface area contributed by atoms with Crippen molar-refractivity contribution in [3.05, 3.63) is 47.3 Å². The maximum atomic E-state index is 12.8. The molecule has 186 valence electrons. The predicted molar refractivity (Wildman–Crippen MR) is 117 cm³/mol. The van der Waals surface area contributed by atoms with Gasteiger partial charge in [0.2, 0.25) is 15.8 Å². The topological polar surface area (TPSA) is 136 Å². The molecule has 0 radical (unpaired) electrons. The number of pyridine rings is 2. The van der Waals surface area contributed by atoms with Gasteiger partial charge in [0.25, 0.3) is 5.91 Å². The molecular weight excluding hydrogens is 489 g/mol. The summed E-state index contributed by atoms with van der Waals surface area (Å²) in [5.41, 5.74) is 1.48. The van der Waals surface area contributed by atoms with Crippen LogP contribution in [0.25, 0.3) is 11.5 Å². The quantitative estimate of drug-likeness (QED) is 0.512. The predicted octanol–water partition coefficient (Wildman–Crippen LogP) is 2.56. The highest BCUT2D eigenvalue weighted by Crippen LogP contribution is 2.28. The third kappa shape index (κ3) is 5.62. The van der Waals surface area contributed by atoms with Crippen LogP contribution in [0, 0.1) is 0 Å². The summed E-state index contributed by atoms with van der Waals surface area (Å²) >= 11 is 0. The van der Waals surface area contributed by atoms with Crippen LogP contribution in [-0.2, 0) is 23.1 Å². The van der Waals surface area contributed by atoms with Crippen LogP contribution in [0.1, 0.15) is 47.9 Å². The second-order valence-corrected chi connectivity index (χ2v) is 10.3. The number of tetrazole rings is 1. The Bertz CT molecular complexity index is 1360. The third-order valence-corrected chi connectivity index (χ3v) is 7.01. The van der Waals surface area contributed by atoms with E-state index in [4.69, 9.17) is 0 Å². The molecule has 0 saturated carbocycles. The maximum Gasteiger partial charge on any atom is 0.390 e. The van der Waals surface area contributed by atoms with E-state index < -0.39 is 34.3 Å². The molecule has 0 fully saturated rings. The van der Waals surface area contributed by atoms with E-state index in [9.17, 15) is 26.4 Å². The summed E-state index contributed by atoms with van der Waals surface area (Å²) < 4.78 is 64.5. The van der Waals surface area contributed by atoms with Crippen molar-refractivity contribution in [2.24, 2.45) is 0 Å². The SMILES string of the molecule is CC(C)n1nnnc1-c1cccc(NC(=O)c2cc3c(cn2)CN(S(=O)(=O)CCC(F)(F)F)C3)n1. The Morgan fingerprint density at radius 1 is 1.20 bits per heavy atom. The fraction of sp³-hybridized carbons (Fsp3) is 0.400. The zero-order chi connectivity index (χ0) is 25.4. The van der Waals surface area contributed by atoms with Crippen molar-refractivity contribution in [1.82, 2.24) is 34.5 Å². The van der Waals surface area contributed by atoms with E-state index in [1.54, 1.807) is 22.9 Å². The smallest absolute Gasteiger partial charge is 0.305 e. The second kappa shape index (κ2) is 9.30. The molecule has 1 aliphatic rings. The molecule has 0 atom stereocenters. The molecule has 11 nitrogen and oxygen atoms in total. The highest BCUT2D eigenvalue weighted by atomic mass is 32.2. The minimum absolute atomic E-state index is 0.00694. The number of aromatic nitrogens is 6. The Kier molecular flexibility index (Phi) is 6.55. The zero-order valence-electron chi connectivity index (χ0n) is 18.7. The minimum Gasteiger partial charge on any atom is -0.305 e. The van der Waals surface area contributed by atoms with Crippen molar-refractivity contribution in [1.29, 1.82) is 0 Å². The lowest BCUT2D eigenvalue weighted by Crippen LogP contribution is -2.30. The molecule has 3 aromatic heterocycles. The van der Waals surface area contributed by atoms with Crippen LogP contribution in [-0.4, -0.2) is 60.7 Å². The highest BCUT2D eigenvalue weighted by molar-refractivity contribution is 7.89. The number of sulfonamides is 1. The summed E-state index contributed by atoms with van der Waals surface area (Å²) in [6, 6.07) is 6.37. The molecule has 1 amide bonds. The standard InChI is InChI=1S/C20H21F3N8O3S/c1-12(2)31-18(27-28-29-31)15-4-3-5-17(25-15)26-19(32)16-8-13-10-30(11-14(13)9-24-16)35(33,34)7-6-20(21,22)23/h3-5,8-9,12H,6-7,10-11H2,1-2H3,(H,25,26,32).